The SMILES string of the molecule is CNC(=O)Cc1ccc(NC(=O)C2CNC(=O)CN2)cc1. The molecule has 7 nitrogen and oxygen atoms in total. The highest BCUT2D eigenvalue weighted by Gasteiger charge is 2.23. The van der Waals surface area contributed by atoms with Gasteiger partial charge >= 0.3 is 0 Å². The Balaban J connectivity index is 1.89. The molecule has 4 N–H and O–H groups in total. The maximum absolute atomic E-state index is 12.0. The lowest BCUT2D eigenvalue weighted by Crippen LogP contribution is -2.56. The van der Waals surface area contributed by atoms with Crippen LogP contribution < -0.4 is 21.3 Å². The molecule has 112 valence electrons. The lowest BCUT2D eigenvalue weighted by molar-refractivity contribution is -0.124. The van der Waals surface area contributed by atoms with Crippen LogP contribution in [0.4, 0.5) is 5.69 Å². The molecule has 1 atom stereocenters. The van der Waals surface area contributed by atoms with Gasteiger partial charge in [-0.2, -0.15) is 0 Å². The fourth-order valence-electron chi connectivity index (χ4n) is 1.96. The van der Waals surface area contributed by atoms with E-state index < -0.39 is 6.04 Å². The third-order valence-electron chi connectivity index (χ3n) is 3.19. The summed E-state index contributed by atoms with van der Waals surface area (Å²) < 4.78 is 0. The summed E-state index contributed by atoms with van der Waals surface area (Å²) in [4.78, 5) is 34.2. The third kappa shape index (κ3) is 4.28. The van der Waals surface area contributed by atoms with Crippen LogP contribution in [0.25, 0.3) is 0 Å². The second kappa shape index (κ2) is 6.85. The summed E-state index contributed by atoms with van der Waals surface area (Å²) >= 11 is 0. The number of rotatable bonds is 4. The molecule has 21 heavy (non-hydrogen) atoms. The second-order valence-corrected chi connectivity index (χ2v) is 4.77. The topological polar surface area (TPSA) is 99.3 Å². The van der Waals surface area contributed by atoms with E-state index in [2.05, 4.69) is 21.3 Å². The van der Waals surface area contributed by atoms with E-state index in [4.69, 9.17) is 0 Å². The number of nitrogens with one attached hydrogen (secondary N) is 4. The Labute approximate surface area is 122 Å². The molecule has 1 heterocycles. The Morgan fingerprint density at radius 1 is 1.29 bits per heavy atom. The molecule has 1 aromatic carbocycles. The molecule has 1 saturated heterocycles. The molecule has 3 amide bonds. The first-order valence-corrected chi connectivity index (χ1v) is 6.69. The van der Waals surface area contributed by atoms with Crippen LogP contribution in [0.5, 0.6) is 0 Å². The van der Waals surface area contributed by atoms with Crippen LogP contribution in [-0.2, 0) is 20.8 Å². The number of amides is 3. The Bertz CT molecular complexity index is 532. The van der Waals surface area contributed by atoms with Crippen molar-refractivity contribution in [3.05, 3.63) is 29.8 Å². The van der Waals surface area contributed by atoms with Gasteiger partial charge in [0, 0.05) is 19.3 Å². The van der Waals surface area contributed by atoms with Gasteiger partial charge < -0.3 is 16.0 Å². The highest BCUT2D eigenvalue weighted by molar-refractivity contribution is 5.96. The number of hydrogen-bond donors (Lipinski definition) is 4. The molecular formula is C14H18N4O3. The highest BCUT2D eigenvalue weighted by atomic mass is 16.2. The van der Waals surface area contributed by atoms with E-state index in [1.165, 1.54) is 0 Å². The first-order chi connectivity index (χ1) is 10.1. The normalized spacial score (nSPS) is 17.8. The molecule has 0 saturated carbocycles. The van der Waals surface area contributed by atoms with Gasteiger partial charge in [0.2, 0.25) is 17.7 Å². The first kappa shape index (κ1) is 15.0. The minimum Gasteiger partial charge on any atom is -0.359 e. The number of likely N-dealkylation sites (N-methyl/N-ethyl adjacent to an activating group) is 1. The average Bonchev–Trinajstić information content (AvgIpc) is 2.49. The van der Waals surface area contributed by atoms with Crippen LogP contribution in [0.2, 0.25) is 0 Å². The van der Waals surface area contributed by atoms with Crippen LogP contribution in [0.1, 0.15) is 5.56 Å². The summed E-state index contributed by atoms with van der Waals surface area (Å²) in [5.74, 6) is -0.374. The van der Waals surface area contributed by atoms with Crippen molar-refractivity contribution in [1.82, 2.24) is 16.0 Å². The second-order valence-electron chi connectivity index (χ2n) is 4.77. The van der Waals surface area contributed by atoms with Crippen molar-refractivity contribution in [2.45, 2.75) is 12.5 Å². The Hall–Kier alpha value is -2.41. The summed E-state index contributed by atoms with van der Waals surface area (Å²) in [5, 5.41) is 10.8. The summed E-state index contributed by atoms with van der Waals surface area (Å²) in [5.41, 5.74) is 1.52. The predicted molar refractivity (Wildman–Crippen MR) is 77.6 cm³/mol. The monoisotopic (exact) mass is 290 g/mol. The molecule has 1 unspecified atom stereocenters. The largest absolute Gasteiger partial charge is 0.359 e. The van der Waals surface area contributed by atoms with E-state index in [0.717, 1.165) is 5.56 Å². The summed E-state index contributed by atoms with van der Waals surface area (Å²) in [6.07, 6.45) is 0.306. The smallest absolute Gasteiger partial charge is 0.243 e. The maximum Gasteiger partial charge on any atom is 0.243 e. The fraction of sp³-hybridized carbons (Fsp3) is 0.357. The van der Waals surface area contributed by atoms with Gasteiger partial charge in [-0.1, -0.05) is 12.1 Å². The van der Waals surface area contributed by atoms with E-state index in [1.54, 1.807) is 31.3 Å². The molecule has 1 aliphatic heterocycles. The van der Waals surface area contributed by atoms with Crippen LogP contribution in [0.15, 0.2) is 24.3 Å². The van der Waals surface area contributed by atoms with E-state index in [-0.39, 0.29) is 30.8 Å². The van der Waals surface area contributed by atoms with Crippen LogP contribution >= 0.6 is 0 Å². The standard InChI is InChI=1S/C14H18N4O3/c1-15-12(19)6-9-2-4-10(5-3-9)18-14(21)11-7-17-13(20)8-16-11/h2-5,11,16H,6-8H2,1H3,(H,15,19)(H,17,20)(H,18,21). The minimum absolute atomic E-state index is 0.0612. The highest BCUT2D eigenvalue weighted by Crippen LogP contribution is 2.10. The summed E-state index contributed by atoms with van der Waals surface area (Å²) in [6.45, 7) is 0.419. The van der Waals surface area contributed by atoms with Crippen LogP contribution in [0, 0.1) is 0 Å². The van der Waals surface area contributed by atoms with Gasteiger partial charge in [0.1, 0.15) is 6.04 Å². The Morgan fingerprint density at radius 2 is 2.00 bits per heavy atom. The van der Waals surface area contributed by atoms with Gasteiger partial charge in [-0.3, -0.25) is 19.7 Å². The quantitative estimate of drug-likeness (QED) is 0.571. The van der Waals surface area contributed by atoms with Gasteiger partial charge in [-0.25, -0.2) is 0 Å². The number of piperazine rings is 1. The molecule has 2 rings (SSSR count). The van der Waals surface area contributed by atoms with E-state index in [1.807, 2.05) is 0 Å². The summed E-state index contributed by atoms with van der Waals surface area (Å²) in [7, 11) is 1.59. The zero-order chi connectivity index (χ0) is 15.2. The third-order valence-corrected chi connectivity index (χ3v) is 3.19. The van der Waals surface area contributed by atoms with Crippen molar-refractivity contribution in [2.75, 3.05) is 25.5 Å². The van der Waals surface area contributed by atoms with Crippen molar-refractivity contribution in [3.8, 4) is 0 Å². The zero-order valence-electron chi connectivity index (χ0n) is 11.7. The molecule has 0 aliphatic carbocycles. The predicted octanol–water partition coefficient (Wildman–Crippen LogP) is -0.998. The number of benzene rings is 1. The number of carbonyl (C=O) groups is 3. The van der Waals surface area contributed by atoms with Gasteiger partial charge in [0.25, 0.3) is 0 Å². The molecule has 0 aromatic heterocycles. The van der Waals surface area contributed by atoms with Crippen molar-refractivity contribution in [2.24, 2.45) is 0 Å². The Morgan fingerprint density at radius 3 is 2.57 bits per heavy atom. The van der Waals surface area contributed by atoms with E-state index in [0.29, 0.717) is 12.1 Å². The Kier molecular flexibility index (Phi) is 4.89. The molecule has 7 heteroatoms. The first-order valence-electron chi connectivity index (χ1n) is 6.69. The molecule has 0 bridgehead atoms. The fourth-order valence-corrected chi connectivity index (χ4v) is 1.96. The number of anilines is 1. The minimum atomic E-state index is -0.437. The molecule has 1 aromatic rings. The van der Waals surface area contributed by atoms with Crippen molar-refractivity contribution in [1.29, 1.82) is 0 Å². The average molecular weight is 290 g/mol. The molecular weight excluding hydrogens is 272 g/mol. The maximum atomic E-state index is 12.0. The van der Waals surface area contributed by atoms with Gasteiger partial charge in [-0.15, -0.1) is 0 Å². The van der Waals surface area contributed by atoms with Gasteiger partial charge in [0.15, 0.2) is 0 Å². The van der Waals surface area contributed by atoms with Gasteiger partial charge in [0.05, 0.1) is 13.0 Å². The number of hydrogen-bond acceptors (Lipinski definition) is 4. The zero-order valence-corrected chi connectivity index (χ0v) is 11.7. The van der Waals surface area contributed by atoms with Gasteiger partial charge in [-0.05, 0) is 17.7 Å². The molecule has 0 spiro atoms. The molecule has 0 radical (unpaired) electrons. The lowest BCUT2D eigenvalue weighted by atomic mass is 10.1. The van der Waals surface area contributed by atoms with Crippen molar-refractivity contribution >= 4 is 23.4 Å². The van der Waals surface area contributed by atoms with Crippen molar-refractivity contribution < 1.29 is 14.4 Å². The van der Waals surface area contributed by atoms with E-state index >= 15 is 0 Å². The lowest BCUT2D eigenvalue weighted by Gasteiger charge is -2.23. The van der Waals surface area contributed by atoms with E-state index in [9.17, 15) is 14.4 Å². The van der Waals surface area contributed by atoms with Crippen molar-refractivity contribution in [3.63, 3.8) is 0 Å². The molecule has 1 fully saturated rings. The van der Waals surface area contributed by atoms with Crippen LogP contribution in [-0.4, -0.2) is 43.9 Å². The summed E-state index contributed by atoms with van der Waals surface area (Å²) in [6, 6.07) is 6.64. The molecule has 1 aliphatic rings. The van der Waals surface area contributed by atoms with Crippen LogP contribution in [0.3, 0.4) is 0 Å². The number of carbonyl (C=O) groups excluding carboxylic acids is 3.